The molecule has 4 nitrogen and oxygen atoms in total. The number of rotatable bonds is 5. The zero-order valence-electron chi connectivity index (χ0n) is 13.2. The van der Waals surface area contributed by atoms with Crippen LogP contribution in [0.4, 0.5) is 0 Å². The number of aryl methyl sites for hydroxylation is 1. The number of phenolic OH excluding ortho intramolecular Hbond substituents is 1. The van der Waals surface area contributed by atoms with Crippen LogP contribution in [-0.2, 0) is 13.0 Å². The van der Waals surface area contributed by atoms with Crippen molar-refractivity contribution >= 4 is 11.0 Å². The Morgan fingerprint density at radius 1 is 1.19 bits per heavy atom. The van der Waals surface area contributed by atoms with Crippen LogP contribution >= 0.6 is 0 Å². The van der Waals surface area contributed by atoms with E-state index < -0.39 is 0 Å². The summed E-state index contributed by atoms with van der Waals surface area (Å²) in [6.45, 7) is 10.2. The summed E-state index contributed by atoms with van der Waals surface area (Å²) in [4.78, 5) is 14.6. The Labute approximate surface area is 125 Å². The molecule has 2 rings (SSSR count). The topological polar surface area (TPSA) is 53.7 Å². The molecule has 0 saturated carbocycles. The maximum Gasteiger partial charge on any atom is 0.195 e. The minimum atomic E-state index is -0.00565. The van der Waals surface area contributed by atoms with E-state index in [2.05, 4.69) is 18.7 Å². The van der Waals surface area contributed by atoms with Crippen LogP contribution in [0.2, 0.25) is 0 Å². The molecule has 21 heavy (non-hydrogen) atoms. The monoisotopic (exact) mass is 289 g/mol. The third-order valence-corrected chi connectivity index (χ3v) is 4.06. The standard InChI is InChI=1S/C17H23NO3/c1-5-15-11(4)16(20)12-8-9-14(19)13(17(12)21-15)10-18(6-2)7-3/h8-9,19H,5-7,10H2,1-4H3. The van der Waals surface area contributed by atoms with E-state index in [0.29, 0.717) is 40.8 Å². The fourth-order valence-corrected chi connectivity index (χ4v) is 2.60. The lowest BCUT2D eigenvalue weighted by Gasteiger charge is -2.19. The normalized spacial score (nSPS) is 11.5. The summed E-state index contributed by atoms with van der Waals surface area (Å²) < 4.78 is 5.94. The van der Waals surface area contributed by atoms with Crippen molar-refractivity contribution in [1.29, 1.82) is 0 Å². The van der Waals surface area contributed by atoms with E-state index in [0.717, 1.165) is 13.1 Å². The molecule has 0 spiro atoms. The van der Waals surface area contributed by atoms with Crippen molar-refractivity contribution in [1.82, 2.24) is 4.90 Å². The first kappa shape index (κ1) is 15.6. The molecular formula is C17H23NO3. The Morgan fingerprint density at radius 2 is 1.86 bits per heavy atom. The van der Waals surface area contributed by atoms with Gasteiger partial charge in [-0.15, -0.1) is 0 Å². The molecule has 0 fully saturated rings. The molecule has 0 unspecified atom stereocenters. The fourth-order valence-electron chi connectivity index (χ4n) is 2.60. The van der Waals surface area contributed by atoms with Gasteiger partial charge in [-0.3, -0.25) is 9.69 Å². The largest absolute Gasteiger partial charge is 0.507 e. The van der Waals surface area contributed by atoms with Crippen molar-refractivity contribution in [2.45, 2.75) is 40.7 Å². The zero-order chi connectivity index (χ0) is 15.6. The molecule has 1 aromatic carbocycles. The fraction of sp³-hybridized carbons (Fsp3) is 0.471. The summed E-state index contributed by atoms with van der Waals surface area (Å²) in [6, 6.07) is 3.23. The molecule has 0 aliphatic heterocycles. The number of fused-ring (bicyclic) bond motifs is 1. The lowest BCUT2D eigenvalue weighted by Crippen LogP contribution is -2.22. The summed E-state index contributed by atoms with van der Waals surface area (Å²) in [5.41, 5.74) is 1.87. The summed E-state index contributed by atoms with van der Waals surface area (Å²) in [7, 11) is 0. The molecule has 0 aliphatic rings. The highest BCUT2D eigenvalue weighted by atomic mass is 16.3. The molecule has 2 aromatic rings. The van der Waals surface area contributed by atoms with E-state index >= 15 is 0 Å². The molecule has 0 aliphatic carbocycles. The van der Waals surface area contributed by atoms with Crippen LogP contribution in [-0.4, -0.2) is 23.1 Å². The molecular weight excluding hydrogens is 266 g/mol. The first-order chi connectivity index (χ1) is 10.0. The molecule has 0 saturated heterocycles. The Hall–Kier alpha value is -1.81. The first-order valence-electron chi connectivity index (χ1n) is 7.52. The number of hydrogen-bond acceptors (Lipinski definition) is 4. The highest BCUT2D eigenvalue weighted by Gasteiger charge is 2.17. The molecule has 114 valence electrons. The molecule has 0 bridgehead atoms. The van der Waals surface area contributed by atoms with Gasteiger partial charge in [-0.25, -0.2) is 0 Å². The average molecular weight is 289 g/mol. The van der Waals surface area contributed by atoms with Crippen LogP contribution in [0, 0.1) is 6.92 Å². The van der Waals surface area contributed by atoms with Gasteiger partial charge in [-0.1, -0.05) is 20.8 Å². The average Bonchev–Trinajstić information content (AvgIpc) is 2.50. The summed E-state index contributed by atoms with van der Waals surface area (Å²) in [5, 5.41) is 10.7. The van der Waals surface area contributed by atoms with E-state index in [9.17, 15) is 9.90 Å². The highest BCUT2D eigenvalue weighted by molar-refractivity contribution is 5.82. The summed E-state index contributed by atoms with van der Waals surface area (Å²) in [5.74, 6) is 0.877. The molecule has 1 heterocycles. The van der Waals surface area contributed by atoms with Crippen molar-refractivity contribution in [3.63, 3.8) is 0 Å². The van der Waals surface area contributed by atoms with Crippen molar-refractivity contribution < 1.29 is 9.52 Å². The molecule has 4 heteroatoms. The maximum absolute atomic E-state index is 12.4. The van der Waals surface area contributed by atoms with Crippen molar-refractivity contribution in [3.8, 4) is 5.75 Å². The van der Waals surface area contributed by atoms with Crippen molar-refractivity contribution in [3.05, 3.63) is 39.2 Å². The molecule has 0 radical (unpaired) electrons. The SMILES string of the molecule is CCc1oc2c(CN(CC)CC)c(O)ccc2c(=O)c1C. The number of benzene rings is 1. The van der Waals surface area contributed by atoms with E-state index in [4.69, 9.17) is 4.42 Å². The van der Waals surface area contributed by atoms with E-state index in [1.807, 2.05) is 6.92 Å². The number of aromatic hydroxyl groups is 1. The van der Waals surface area contributed by atoms with Gasteiger partial charge in [0.25, 0.3) is 0 Å². The second kappa shape index (κ2) is 6.31. The number of phenols is 1. The Balaban J connectivity index is 2.71. The van der Waals surface area contributed by atoms with Crippen LogP contribution in [0.3, 0.4) is 0 Å². The summed E-state index contributed by atoms with van der Waals surface area (Å²) >= 11 is 0. The zero-order valence-corrected chi connectivity index (χ0v) is 13.2. The second-order valence-corrected chi connectivity index (χ2v) is 5.23. The quantitative estimate of drug-likeness (QED) is 0.918. The minimum Gasteiger partial charge on any atom is -0.507 e. The maximum atomic E-state index is 12.4. The van der Waals surface area contributed by atoms with E-state index in [1.54, 1.807) is 19.1 Å². The number of hydrogen-bond donors (Lipinski definition) is 1. The molecule has 0 atom stereocenters. The van der Waals surface area contributed by atoms with Crippen molar-refractivity contribution in [2.24, 2.45) is 0 Å². The van der Waals surface area contributed by atoms with Gasteiger partial charge in [0.05, 0.1) is 10.9 Å². The molecule has 1 aromatic heterocycles. The molecule has 0 amide bonds. The third-order valence-electron chi connectivity index (χ3n) is 4.06. The van der Waals surface area contributed by atoms with Gasteiger partial charge < -0.3 is 9.52 Å². The second-order valence-electron chi connectivity index (χ2n) is 5.23. The van der Waals surface area contributed by atoms with Gasteiger partial charge in [0.1, 0.15) is 17.1 Å². The van der Waals surface area contributed by atoms with Crippen LogP contribution in [0.5, 0.6) is 5.75 Å². The highest BCUT2D eigenvalue weighted by Crippen LogP contribution is 2.28. The minimum absolute atomic E-state index is 0.00565. The predicted molar refractivity (Wildman–Crippen MR) is 84.9 cm³/mol. The smallest absolute Gasteiger partial charge is 0.195 e. The Morgan fingerprint density at radius 3 is 2.43 bits per heavy atom. The van der Waals surface area contributed by atoms with Crippen LogP contribution in [0.25, 0.3) is 11.0 Å². The van der Waals surface area contributed by atoms with Crippen LogP contribution in [0.1, 0.15) is 37.7 Å². The van der Waals surface area contributed by atoms with Gasteiger partial charge in [0.15, 0.2) is 5.43 Å². The van der Waals surface area contributed by atoms with Crippen LogP contribution in [0.15, 0.2) is 21.3 Å². The Bertz CT molecular complexity index is 699. The van der Waals surface area contributed by atoms with Gasteiger partial charge in [-0.05, 0) is 32.1 Å². The van der Waals surface area contributed by atoms with Gasteiger partial charge in [0, 0.05) is 18.5 Å². The van der Waals surface area contributed by atoms with Crippen molar-refractivity contribution in [2.75, 3.05) is 13.1 Å². The van der Waals surface area contributed by atoms with E-state index in [-0.39, 0.29) is 11.2 Å². The molecule has 1 N–H and O–H groups in total. The van der Waals surface area contributed by atoms with E-state index in [1.165, 1.54) is 0 Å². The lowest BCUT2D eigenvalue weighted by molar-refractivity contribution is 0.290. The predicted octanol–water partition coefficient (Wildman–Crippen LogP) is 3.21. The Kier molecular flexibility index (Phi) is 4.68. The van der Waals surface area contributed by atoms with Gasteiger partial charge >= 0.3 is 0 Å². The van der Waals surface area contributed by atoms with Crippen LogP contribution < -0.4 is 5.43 Å². The summed E-state index contributed by atoms with van der Waals surface area (Å²) in [6.07, 6.45) is 0.664. The first-order valence-corrected chi connectivity index (χ1v) is 7.52. The lowest BCUT2D eigenvalue weighted by atomic mass is 10.1. The van der Waals surface area contributed by atoms with Gasteiger partial charge in [0.2, 0.25) is 0 Å². The third kappa shape index (κ3) is 2.81. The number of nitrogens with zero attached hydrogens (tertiary/aromatic N) is 1. The van der Waals surface area contributed by atoms with Gasteiger partial charge in [-0.2, -0.15) is 0 Å².